The second-order valence-electron chi connectivity index (χ2n) is 5.95. The third kappa shape index (κ3) is 3.82. The van der Waals surface area contributed by atoms with Crippen LogP contribution >= 0.6 is 0 Å². The van der Waals surface area contributed by atoms with Gasteiger partial charge in [-0.1, -0.05) is 55.5 Å². The van der Waals surface area contributed by atoms with Crippen molar-refractivity contribution in [1.29, 1.82) is 0 Å². The third-order valence-corrected chi connectivity index (χ3v) is 4.07. The first-order valence-corrected chi connectivity index (χ1v) is 8.99. The molecule has 5 heteroatoms. The van der Waals surface area contributed by atoms with Gasteiger partial charge in [0, 0.05) is 10.9 Å². The number of esters is 2. The number of nitrogens with zero attached hydrogens (tertiary/aromatic N) is 1. The zero-order valence-electron chi connectivity index (χ0n) is 15.4. The number of carbonyl (C=O) groups excluding carboxylic acids is 2. The molecule has 2 aromatic carbocycles. The average molecular weight is 363 g/mol. The molecule has 1 heterocycles. The molecule has 0 aliphatic rings. The predicted octanol–water partition coefficient (Wildman–Crippen LogP) is 4.65. The molecule has 0 aliphatic carbocycles. The summed E-state index contributed by atoms with van der Waals surface area (Å²) in [4.78, 5) is 29.9. The minimum absolute atomic E-state index is 0.0144. The van der Waals surface area contributed by atoms with Gasteiger partial charge in [0.05, 0.1) is 18.7 Å². The molecule has 0 saturated carbocycles. The maximum absolute atomic E-state index is 12.8. The van der Waals surface area contributed by atoms with Gasteiger partial charge in [0.25, 0.3) is 0 Å². The summed E-state index contributed by atoms with van der Waals surface area (Å²) in [7, 11) is 0. The molecular formula is C22H21NO4. The van der Waals surface area contributed by atoms with Gasteiger partial charge in [-0.25, -0.2) is 14.6 Å². The predicted molar refractivity (Wildman–Crippen MR) is 104 cm³/mol. The molecule has 0 fully saturated rings. The standard InChI is InChI=1S/C22H21NO4/c1-3-14-27-22(25)20-19(21(24)26-4-2)18(15-10-6-5-7-11-15)16-12-8-9-13-17(16)23-20/h5-13H,3-4,14H2,1-2H3. The number of benzene rings is 2. The normalized spacial score (nSPS) is 10.6. The number of para-hydroxylation sites is 1. The van der Waals surface area contributed by atoms with E-state index in [4.69, 9.17) is 9.47 Å². The van der Waals surface area contributed by atoms with E-state index in [-0.39, 0.29) is 24.5 Å². The van der Waals surface area contributed by atoms with E-state index in [1.165, 1.54) is 0 Å². The lowest BCUT2D eigenvalue weighted by molar-refractivity contribution is 0.0462. The Hall–Kier alpha value is -3.21. The summed E-state index contributed by atoms with van der Waals surface area (Å²) >= 11 is 0. The molecular weight excluding hydrogens is 342 g/mol. The Morgan fingerprint density at radius 1 is 0.889 bits per heavy atom. The van der Waals surface area contributed by atoms with Crippen molar-refractivity contribution in [2.24, 2.45) is 0 Å². The molecule has 27 heavy (non-hydrogen) atoms. The second kappa shape index (κ2) is 8.45. The highest BCUT2D eigenvalue weighted by Gasteiger charge is 2.27. The minimum atomic E-state index is -0.622. The fourth-order valence-corrected chi connectivity index (χ4v) is 2.93. The Kier molecular flexibility index (Phi) is 5.81. The van der Waals surface area contributed by atoms with Crippen molar-refractivity contribution in [3.8, 4) is 11.1 Å². The first-order valence-electron chi connectivity index (χ1n) is 8.99. The van der Waals surface area contributed by atoms with Crippen molar-refractivity contribution in [1.82, 2.24) is 4.98 Å². The van der Waals surface area contributed by atoms with E-state index < -0.39 is 11.9 Å². The summed E-state index contributed by atoms with van der Waals surface area (Å²) < 4.78 is 10.5. The monoisotopic (exact) mass is 363 g/mol. The van der Waals surface area contributed by atoms with Crippen LogP contribution in [0.25, 0.3) is 22.0 Å². The summed E-state index contributed by atoms with van der Waals surface area (Å²) in [6.07, 6.45) is 0.680. The van der Waals surface area contributed by atoms with Crippen LogP contribution in [0.2, 0.25) is 0 Å². The number of hydrogen-bond acceptors (Lipinski definition) is 5. The van der Waals surface area contributed by atoms with E-state index in [0.29, 0.717) is 17.5 Å². The lowest BCUT2D eigenvalue weighted by atomic mass is 9.94. The smallest absolute Gasteiger partial charge is 0.357 e. The summed E-state index contributed by atoms with van der Waals surface area (Å²) in [5.41, 5.74) is 2.18. The molecule has 0 spiro atoms. The van der Waals surface area contributed by atoms with Crippen LogP contribution in [0.15, 0.2) is 54.6 Å². The highest BCUT2D eigenvalue weighted by molar-refractivity contribution is 6.13. The topological polar surface area (TPSA) is 65.5 Å². The van der Waals surface area contributed by atoms with E-state index in [1.54, 1.807) is 6.92 Å². The summed E-state index contributed by atoms with van der Waals surface area (Å²) in [5.74, 6) is -1.21. The first kappa shape index (κ1) is 18.6. The molecule has 0 bridgehead atoms. The van der Waals surface area contributed by atoms with Gasteiger partial charge in [-0.3, -0.25) is 0 Å². The first-order chi connectivity index (χ1) is 13.2. The van der Waals surface area contributed by atoms with Gasteiger partial charge in [-0.05, 0) is 25.0 Å². The van der Waals surface area contributed by atoms with Gasteiger partial charge in [-0.2, -0.15) is 0 Å². The molecule has 0 aliphatic heterocycles. The molecule has 0 saturated heterocycles. The second-order valence-corrected chi connectivity index (χ2v) is 5.95. The summed E-state index contributed by atoms with van der Waals surface area (Å²) in [6.45, 7) is 4.09. The Morgan fingerprint density at radius 2 is 1.59 bits per heavy atom. The Balaban J connectivity index is 2.35. The van der Waals surface area contributed by atoms with Crippen LogP contribution in [-0.2, 0) is 9.47 Å². The third-order valence-electron chi connectivity index (χ3n) is 4.07. The van der Waals surface area contributed by atoms with E-state index >= 15 is 0 Å². The molecule has 0 atom stereocenters. The van der Waals surface area contributed by atoms with Gasteiger partial charge >= 0.3 is 11.9 Å². The Morgan fingerprint density at radius 3 is 2.30 bits per heavy atom. The highest BCUT2D eigenvalue weighted by Crippen LogP contribution is 2.34. The molecule has 5 nitrogen and oxygen atoms in total. The van der Waals surface area contributed by atoms with Gasteiger partial charge in [0.15, 0.2) is 5.69 Å². The van der Waals surface area contributed by atoms with Gasteiger partial charge in [-0.15, -0.1) is 0 Å². The number of hydrogen-bond donors (Lipinski definition) is 0. The Labute approximate surface area is 157 Å². The number of rotatable bonds is 6. The van der Waals surface area contributed by atoms with Crippen molar-refractivity contribution in [3.05, 3.63) is 65.9 Å². The number of aromatic nitrogens is 1. The maximum atomic E-state index is 12.8. The van der Waals surface area contributed by atoms with Crippen LogP contribution < -0.4 is 0 Å². The number of ether oxygens (including phenoxy) is 2. The van der Waals surface area contributed by atoms with Crippen LogP contribution in [0, 0.1) is 0 Å². The molecule has 0 unspecified atom stereocenters. The lowest BCUT2D eigenvalue weighted by Gasteiger charge is -2.16. The minimum Gasteiger partial charge on any atom is -0.462 e. The summed E-state index contributed by atoms with van der Waals surface area (Å²) in [6, 6.07) is 16.9. The molecule has 3 aromatic rings. The lowest BCUT2D eigenvalue weighted by Crippen LogP contribution is -2.18. The molecule has 0 amide bonds. The van der Waals surface area contributed by atoms with Crippen LogP contribution in [0.3, 0.4) is 0 Å². The summed E-state index contributed by atoms with van der Waals surface area (Å²) in [5, 5.41) is 0.777. The van der Waals surface area contributed by atoms with Crippen molar-refractivity contribution in [3.63, 3.8) is 0 Å². The van der Waals surface area contributed by atoms with E-state index in [0.717, 1.165) is 10.9 Å². The van der Waals surface area contributed by atoms with Gasteiger partial charge in [0.1, 0.15) is 5.56 Å². The zero-order valence-corrected chi connectivity index (χ0v) is 15.4. The van der Waals surface area contributed by atoms with Gasteiger partial charge in [0.2, 0.25) is 0 Å². The molecule has 138 valence electrons. The number of carbonyl (C=O) groups is 2. The number of fused-ring (bicyclic) bond motifs is 1. The zero-order chi connectivity index (χ0) is 19.2. The van der Waals surface area contributed by atoms with Gasteiger partial charge < -0.3 is 9.47 Å². The fourth-order valence-electron chi connectivity index (χ4n) is 2.93. The van der Waals surface area contributed by atoms with Crippen molar-refractivity contribution < 1.29 is 19.1 Å². The Bertz CT molecular complexity index is 967. The van der Waals surface area contributed by atoms with E-state index in [1.807, 2.05) is 61.5 Å². The SMILES string of the molecule is CCCOC(=O)c1nc2ccccc2c(-c2ccccc2)c1C(=O)OCC. The quantitative estimate of drug-likeness (QED) is 0.597. The molecule has 0 radical (unpaired) electrons. The van der Waals surface area contributed by atoms with E-state index in [9.17, 15) is 9.59 Å². The number of pyridine rings is 1. The van der Waals surface area contributed by atoms with Crippen LogP contribution in [-0.4, -0.2) is 30.1 Å². The molecule has 1 aromatic heterocycles. The van der Waals surface area contributed by atoms with Crippen molar-refractivity contribution in [2.45, 2.75) is 20.3 Å². The molecule has 0 N–H and O–H groups in total. The largest absolute Gasteiger partial charge is 0.462 e. The highest BCUT2D eigenvalue weighted by atomic mass is 16.5. The van der Waals surface area contributed by atoms with Crippen molar-refractivity contribution >= 4 is 22.8 Å². The maximum Gasteiger partial charge on any atom is 0.357 e. The fraction of sp³-hybridized carbons (Fsp3) is 0.227. The van der Waals surface area contributed by atoms with Crippen molar-refractivity contribution in [2.75, 3.05) is 13.2 Å². The van der Waals surface area contributed by atoms with Crippen LogP contribution in [0.5, 0.6) is 0 Å². The molecule has 3 rings (SSSR count). The van der Waals surface area contributed by atoms with Crippen LogP contribution in [0.1, 0.15) is 41.1 Å². The van der Waals surface area contributed by atoms with E-state index in [2.05, 4.69) is 4.98 Å². The average Bonchev–Trinajstić information content (AvgIpc) is 2.71. The van der Waals surface area contributed by atoms with Crippen LogP contribution in [0.4, 0.5) is 0 Å².